The molecule has 1 aliphatic rings. The smallest absolute Gasteiger partial charge is 0.316 e. The number of halogens is 1. The number of ether oxygens (including phenoxy) is 1. The fourth-order valence-corrected chi connectivity index (χ4v) is 2.44. The Hall–Kier alpha value is -1.75. The van der Waals surface area contributed by atoms with Crippen LogP contribution in [-0.2, 0) is 9.59 Å². The van der Waals surface area contributed by atoms with Crippen molar-refractivity contribution >= 4 is 23.5 Å². The van der Waals surface area contributed by atoms with Gasteiger partial charge in [-0.25, -0.2) is 0 Å². The number of amides is 1. The van der Waals surface area contributed by atoms with Gasteiger partial charge in [0, 0.05) is 17.5 Å². The number of carboxylic acid groups (broad SMARTS) is 1. The standard InChI is InChI=1S/C12H12ClNO4/c1-18-6-2-3-7(9(13)4-6)8-5-14-11(15)10(8)12(16)17/h2-4,8,10H,5H2,1H3,(H,14,15)(H,16,17)/t8-,10-/m1/s1. The Morgan fingerprint density at radius 2 is 2.28 bits per heavy atom. The molecule has 5 nitrogen and oxygen atoms in total. The molecule has 2 rings (SSSR count). The van der Waals surface area contributed by atoms with Gasteiger partial charge < -0.3 is 15.2 Å². The number of benzene rings is 1. The molecule has 1 saturated heterocycles. The van der Waals surface area contributed by atoms with Crippen LogP contribution in [0.1, 0.15) is 11.5 Å². The highest BCUT2D eigenvalue weighted by Gasteiger charge is 2.41. The van der Waals surface area contributed by atoms with E-state index in [0.717, 1.165) is 0 Å². The molecule has 18 heavy (non-hydrogen) atoms. The summed E-state index contributed by atoms with van der Waals surface area (Å²) in [6.45, 7) is 0.280. The van der Waals surface area contributed by atoms with Crippen molar-refractivity contribution in [2.75, 3.05) is 13.7 Å². The van der Waals surface area contributed by atoms with Gasteiger partial charge in [-0.05, 0) is 17.7 Å². The maximum Gasteiger partial charge on any atom is 0.316 e. The Balaban J connectivity index is 2.36. The Kier molecular flexibility index (Phi) is 3.43. The summed E-state index contributed by atoms with van der Waals surface area (Å²) in [6, 6.07) is 5.00. The minimum absolute atomic E-state index is 0.280. The van der Waals surface area contributed by atoms with Crippen LogP contribution in [-0.4, -0.2) is 30.6 Å². The molecule has 0 bridgehead atoms. The quantitative estimate of drug-likeness (QED) is 0.810. The minimum Gasteiger partial charge on any atom is -0.497 e. The summed E-state index contributed by atoms with van der Waals surface area (Å²) < 4.78 is 5.02. The number of hydrogen-bond donors (Lipinski definition) is 2. The Labute approximate surface area is 109 Å². The zero-order valence-electron chi connectivity index (χ0n) is 9.64. The van der Waals surface area contributed by atoms with Gasteiger partial charge in [0.15, 0.2) is 0 Å². The van der Waals surface area contributed by atoms with Crippen LogP contribution in [0.15, 0.2) is 18.2 Å². The summed E-state index contributed by atoms with van der Waals surface area (Å²) in [5.41, 5.74) is 0.642. The Morgan fingerprint density at radius 1 is 1.56 bits per heavy atom. The van der Waals surface area contributed by atoms with Crippen molar-refractivity contribution in [3.05, 3.63) is 28.8 Å². The van der Waals surface area contributed by atoms with E-state index in [-0.39, 0.29) is 6.54 Å². The number of carbonyl (C=O) groups is 2. The summed E-state index contributed by atoms with van der Waals surface area (Å²) in [6.07, 6.45) is 0. The molecule has 2 N–H and O–H groups in total. The molecule has 1 fully saturated rings. The molecule has 1 amide bonds. The average Bonchev–Trinajstić information content (AvgIpc) is 2.70. The van der Waals surface area contributed by atoms with E-state index in [1.165, 1.54) is 7.11 Å². The van der Waals surface area contributed by atoms with Crippen LogP contribution >= 0.6 is 11.6 Å². The van der Waals surface area contributed by atoms with Crippen molar-refractivity contribution in [2.45, 2.75) is 5.92 Å². The molecule has 6 heteroatoms. The average molecular weight is 270 g/mol. The first-order chi connectivity index (χ1) is 8.54. The lowest BCUT2D eigenvalue weighted by atomic mass is 9.88. The van der Waals surface area contributed by atoms with Gasteiger partial charge in [0.1, 0.15) is 11.7 Å². The highest BCUT2D eigenvalue weighted by molar-refractivity contribution is 6.31. The molecule has 0 radical (unpaired) electrons. The summed E-state index contributed by atoms with van der Waals surface area (Å²) in [7, 11) is 1.52. The van der Waals surface area contributed by atoms with Gasteiger partial charge in [-0.3, -0.25) is 9.59 Å². The maximum absolute atomic E-state index is 11.5. The molecule has 0 aromatic heterocycles. The normalized spacial score (nSPS) is 22.7. The van der Waals surface area contributed by atoms with Crippen LogP contribution < -0.4 is 10.1 Å². The predicted molar refractivity (Wildman–Crippen MR) is 64.9 cm³/mol. The van der Waals surface area contributed by atoms with E-state index in [1.807, 2.05) is 0 Å². The summed E-state index contributed by atoms with van der Waals surface area (Å²) in [5.74, 6) is -2.56. The summed E-state index contributed by atoms with van der Waals surface area (Å²) >= 11 is 6.09. The number of methoxy groups -OCH3 is 1. The topological polar surface area (TPSA) is 75.6 Å². The van der Waals surface area contributed by atoms with E-state index in [2.05, 4.69) is 5.32 Å². The van der Waals surface area contributed by atoms with Crippen LogP contribution in [0.5, 0.6) is 5.75 Å². The van der Waals surface area contributed by atoms with Crippen molar-refractivity contribution < 1.29 is 19.4 Å². The lowest BCUT2D eigenvalue weighted by Gasteiger charge is -2.15. The predicted octanol–water partition coefficient (Wildman–Crippen LogP) is 1.26. The third kappa shape index (κ3) is 2.13. The second-order valence-electron chi connectivity index (χ2n) is 4.05. The SMILES string of the molecule is COc1ccc([C@H]2CNC(=O)[C@@H]2C(=O)O)c(Cl)c1. The first-order valence-electron chi connectivity index (χ1n) is 5.38. The number of carbonyl (C=O) groups excluding carboxylic acids is 1. The van der Waals surface area contributed by atoms with E-state index in [0.29, 0.717) is 16.3 Å². The first kappa shape index (κ1) is 12.7. The molecular formula is C12H12ClNO4. The van der Waals surface area contributed by atoms with Gasteiger partial charge in [0.05, 0.1) is 7.11 Å². The number of hydrogen-bond acceptors (Lipinski definition) is 3. The summed E-state index contributed by atoms with van der Waals surface area (Å²) in [4.78, 5) is 22.6. The number of rotatable bonds is 3. The molecule has 1 aromatic rings. The molecule has 0 aliphatic carbocycles. The molecule has 2 atom stereocenters. The second-order valence-corrected chi connectivity index (χ2v) is 4.46. The van der Waals surface area contributed by atoms with Gasteiger partial charge in [0.2, 0.25) is 5.91 Å². The maximum atomic E-state index is 11.5. The number of aliphatic carboxylic acids is 1. The van der Waals surface area contributed by atoms with Crippen LogP contribution in [0.4, 0.5) is 0 Å². The largest absolute Gasteiger partial charge is 0.497 e. The van der Waals surface area contributed by atoms with Crippen LogP contribution in [0.3, 0.4) is 0 Å². The molecule has 0 unspecified atom stereocenters. The highest BCUT2D eigenvalue weighted by Crippen LogP contribution is 2.35. The van der Waals surface area contributed by atoms with E-state index in [1.54, 1.807) is 18.2 Å². The van der Waals surface area contributed by atoms with Crippen molar-refractivity contribution in [3.63, 3.8) is 0 Å². The number of nitrogens with one attached hydrogen (secondary N) is 1. The van der Waals surface area contributed by atoms with Crippen molar-refractivity contribution in [1.29, 1.82) is 0 Å². The molecule has 0 saturated carbocycles. The van der Waals surface area contributed by atoms with Gasteiger partial charge in [0.25, 0.3) is 0 Å². The van der Waals surface area contributed by atoms with Crippen LogP contribution in [0.2, 0.25) is 5.02 Å². The fourth-order valence-electron chi connectivity index (χ4n) is 2.13. The molecule has 96 valence electrons. The summed E-state index contributed by atoms with van der Waals surface area (Å²) in [5, 5.41) is 12.0. The van der Waals surface area contributed by atoms with E-state index < -0.39 is 23.7 Å². The zero-order valence-corrected chi connectivity index (χ0v) is 10.4. The molecule has 1 aliphatic heterocycles. The fraction of sp³-hybridized carbons (Fsp3) is 0.333. The third-order valence-corrected chi connectivity index (χ3v) is 3.38. The monoisotopic (exact) mass is 269 g/mol. The van der Waals surface area contributed by atoms with Crippen molar-refractivity contribution in [2.24, 2.45) is 5.92 Å². The van der Waals surface area contributed by atoms with Gasteiger partial charge >= 0.3 is 5.97 Å². The van der Waals surface area contributed by atoms with E-state index in [9.17, 15) is 9.59 Å². The zero-order chi connectivity index (χ0) is 13.3. The van der Waals surface area contributed by atoms with Crippen molar-refractivity contribution in [3.8, 4) is 5.75 Å². The van der Waals surface area contributed by atoms with Crippen molar-refractivity contribution in [1.82, 2.24) is 5.32 Å². The van der Waals surface area contributed by atoms with E-state index >= 15 is 0 Å². The van der Waals surface area contributed by atoms with E-state index in [4.69, 9.17) is 21.4 Å². The minimum atomic E-state index is -1.14. The highest BCUT2D eigenvalue weighted by atomic mass is 35.5. The van der Waals surface area contributed by atoms with Gasteiger partial charge in [-0.2, -0.15) is 0 Å². The number of carboxylic acids is 1. The lowest BCUT2D eigenvalue weighted by Crippen LogP contribution is -2.26. The lowest BCUT2D eigenvalue weighted by molar-refractivity contribution is -0.145. The van der Waals surface area contributed by atoms with Crippen LogP contribution in [0.25, 0.3) is 0 Å². The van der Waals surface area contributed by atoms with Gasteiger partial charge in [-0.15, -0.1) is 0 Å². The third-order valence-electron chi connectivity index (χ3n) is 3.05. The molecule has 0 spiro atoms. The Morgan fingerprint density at radius 3 is 2.83 bits per heavy atom. The second kappa shape index (κ2) is 4.86. The molecular weight excluding hydrogens is 258 g/mol. The molecule has 1 heterocycles. The van der Waals surface area contributed by atoms with Crippen LogP contribution in [0, 0.1) is 5.92 Å². The first-order valence-corrected chi connectivity index (χ1v) is 5.76. The Bertz CT molecular complexity index is 503. The molecule has 1 aromatic carbocycles. The van der Waals surface area contributed by atoms with Gasteiger partial charge in [-0.1, -0.05) is 17.7 Å².